The highest BCUT2D eigenvalue weighted by molar-refractivity contribution is 7.13. The van der Waals surface area contributed by atoms with E-state index >= 15 is 8.78 Å². The number of aliphatic hydroxyl groups is 2. The number of likely N-dealkylation sites (tertiary alicyclic amines) is 2. The number of anilines is 1. The van der Waals surface area contributed by atoms with Gasteiger partial charge in [-0.1, -0.05) is 58.0 Å². The predicted molar refractivity (Wildman–Crippen MR) is 300 cm³/mol. The summed E-state index contributed by atoms with van der Waals surface area (Å²) in [6.45, 7) is 15.5. The van der Waals surface area contributed by atoms with Gasteiger partial charge in [-0.25, -0.2) is 13.8 Å². The van der Waals surface area contributed by atoms with Crippen LogP contribution in [0.2, 0.25) is 0 Å². The van der Waals surface area contributed by atoms with Crippen molar-refractivity contribution in [1.82, 2.24) is 40.4 Å². The number of fused-ring (bicyclic) bond motifs is 2. The van der Waals surface area contributed by atoms with Crippen molar-refractivity contribution in [2.45, 2.75) is 136 Å². The van der Waals surface area contributed by atoms with Crippen molar-refractivity contribution in [1.29, 1.82) is 0 Å². The number of carbonyl (C=O) groups is 3. The molecule has 6 aromatic rings. The number of ether oxygens (including phenoxy) is 2. The summed E-state index contributed by atoms with van der Waals surface area (Å²) >= 11 is 1.57. The number of hydrogen-bond acceptors (Lipinski definition) is 15. The van der Waals surface area contributed by atoms with Gasteiger partial charge in [-0.05, 0) is 130 Å². The fraction of sp³-hybridized carbons (Fsp3) is 0.508. The van der Waals surface area contributed by atoms with Gasteiger partial charge in [0.1, 0.15) is 53.9 Å². The van der Waals surface area contributed by atoms with Crippen LogP contribution in [0, 0.1) is 24.0 Å². The van der Waals surface area contributed by atoms with E-state index in [0.717, 1.165) is 54.0 Å². The molecule has 6 atom stereocenters. The quantitative estimate of drug-likeness (QED) is 0.0484. The number of β-amino-alcohol motifs (C(OH)–C–C–N with tert-alkyl or cyclic N) is 2. The van der Waals surface area contributed by atoms with Gasteiger partial charge in [0.2, 0.25) is 17.7 Å². The fourth-order valence-electron chi connectivity index (χ4n) is 11.4. The number of aryl methyl sites for hydroxylation is 2. The van der Waals surface area contributed by atoms with Crippen LogP contribution in [0.5, 0.6) is 11.8 Å². The predicted octanol–water partition coefficient (Wildman–Crippen LogP) is 8.18. The Labute approximate surface area is 463 Å². The summed E-state index contributed by atoms with van der Waals surface area (Å²) < 4.78 is 44.5. The number of pyridine rings is 1. The van der Waals surface area contributed by atoms with Crippen LogP contribution in [-0.4, -0.2) is 145 Å². The number of nitrogens with zero attached hydrogens (tertiary/aromatic N) is 7. The molecule has 0 spiro atoms. The van der Waals surface area contributed by atoms with E-state index in [0.29, 0.717) is 66.4 Å². The highest BCUT2D eigenvalue weighted by Crippen LogP contribution is 2.40. The molecular formula is C59H73F2N9O8S. The SMILES string of the molecule is CCc1c(F)ccc2cc(O)cc(-c3ncc4c(N5CCCC(C)(O)C5)nc(OC[C@@H]5CCCN5CCCCOCC(=O)N[C@H](C(=O)N5C[C@H](O)C[C@H]5C(=O)N[C@@H](C)c5ccc(-c6scnc6C)cc5)C(C)(C)C)nc4c3F)c12. The Balaban J connectivity index is 0.790. The number of aromatic nitrogens is 4. The van der Waals surface area contributed by atoms with Gasteiger partial charge in [0, 0.05) is 50.5 Å². The minimum absolute atomic E-state index is 0.0123. The standard InChI is InChI=1S/C59H73F2N9O8S/c1-8-42-45(60)19-18-38-25-40(71)26-43(48(38)42)50-49(61)51-44(28-62-50)54(69-23-12-20-59(7,76)32-69)67-57(66-51)78-30-39-13-11-22-68(39)21-9-10-24-77-31-47(73)65-53(58(4,5)6)56(75)70-29-41(72)27-46(70)55(74)64-34(2)36-14-16-37(17-15-36)52-35(3)63-33-79-52/h14-19,25-26,28,33-34,39,41,46,53,71-72,76H,8-13,20-24,27,29-32H2,1-7H3,(H,64,74)(H,65,73)/t34-,39-,41+,46-,53+,59?/m0/s1. The van der Waals surface area contributed by atoms with E-state index < -0.39 is 52.7 Å². The molecular weight excluding hydrogens is 1030 g/mol. The lowest BCUT2D eigenvalue weighted by atomic mass is 9.85. The fourth-order valence-corrected chi connectivity index (χ4v) is 12.2. The van der Waals surface area contributed by atoms with E-state index in [4.69, 9.17) is 14.5 Å². The van der Waals surface area contributed by atoms with Gasteiger partial charge < -0.3 is 45.2 Å². The number of benzene rings is 3. The molecule has 0 aliphatic carbocycles. The first-order valence-electron chi connectivity index (χ1n) is 27.5. The van der Waals surface area contributed by atoms with Crippen molar-refractivity contribution in [2.75, 3.05) is 57.4 Å². The van der Waals surface area contributed by atoms with E-state index in [1.54, 1.807) is 24.3 Å². The molecule has 79 heavy (non-hydrogen) atoms. The molecule has 3 fully saturated rings. The first-order valence-corrected chi connectivity index (χ1v) is 28.4. The number of phenolic OH excluding ortho intramolecular Hbond substituents is 1. The molecule has 3 aromatic carbocycles. The lowest BCUT2D eigenvalue weighted by Crippen LogP contribution is -2.58. The van der Waals surface area contributed by atoms with Gasteiger partial charge in [-0.2, -0.15) is 9.97 Å². The van der Waals surface area contributed by atoms with E-state index in [1.165, 1.54) is 29.3 Å². The van der Waals surface area contributed by atoms with Crippen molar-refractivity contribution >= 4 is 56.6 Å². The number of unbranched alkanes of at least 4 members (excludes halogenated alkanes) is 1. The Bertz CT molecular complexity index is 3190. The number of amides is 3. The first kappa shape index (κ1) is 57.2. The third-order valence-corrected chi connectivity index (χ3v) is 16.5. The van der Waals surface area contributed by atoms with Gasteiger partial charge in [-0.15, -0.1) is 11.3 Å². The number of rotatable bonds is 19. The van der Waals surface area contributed by atoms with Gasteiger partial charge in [-0.3, -0.25) is 24.3 Å². The van der Waals surface area contributed by atoms with Crippen LogP contribution in [0.3, 0.4) is 0 Å². The minimum atomic E-state index is -1.01. The second kappa shape index (κ2) is 24.1. The number of piperidine rings is 1. The molecule has 3 aliphatic heterocycles. The smallest absolute Gasteiger partial charge is 0.319 e. The molecule has 0 saturated carbocycles. The Morgan fingerprint density at radius 1 is 1.01 bits per heavy atom. The van der Waals surface area contributed by atoms with Crippen LogP contribution in [0.25, 0.3) is 43.4 Å². The molecule has 0 bridgehead atoms. The van der Waals surface area contributed by atoms with E-state index in [9.17, 15) is 29.7 Å². The zero-order chi connectivity index (χ0) is 56.3. The van der Waals surface area contributed by atoms with Gasteiger partial charge in [0.05, 0.1) is 39.2 Å². The topological polar surface area (TPSA) is 216 Å². The largest absolute Gasteiger partial charge is 0.508 e. The Morgan fingerprint density at radius 2 is 1.80 bits per heavy atom. The molecule has 9 rings (SSSR count). The Kier molecular flexibility index (Phi) is 17.5. The van der Waals surface area contributed by atoms with Crippen molar-refractivity contribution in [3.8, 4) is 33.5 Å². The number of aromatic hydroxyl groups is 1. The number of phenols is 1. The van der Waals surface area contributed by atoms with Crippen LogP contribution in [0.15, 0.2) is 60.2 Å². The third-order valence-electron chi connectivity index (χ3n) is 15.6. The molecule has 3 amide bonds. The van der Waals surface area contributed by atoms with Crippen molar-refractivity contribution < 1.29 is 48.0 Å². The molecule has 0 radical (unpaired) electrons. The molecule has 20 heteroatoms. The number of halogens is 2. The van der Waals surface area contributed by atoms with Crippen LogP contribution in [0.1, 0.15) is 109 Å². The van der Waals surface area contributed by atoms with Gasteiger partial charge in [0.15, 0.2) is 5.82 Å². The molecule has 3 saturated heterocycles. The minimum Gasteiger partial charge on any atom is -0.508 e. The Hall–Kier alpha value is -6.45. The maximum absolute atomic E-state index is 17.1. The second-order valence-electron chi connectivity index (χ2n) is 22.8. The van der Waals surface area contributed by atoms with Gasteiger partial charge >= 0.3 is 6.01 Å². The molecule has 3 aromatic heterocycles. The summed E-state index contributed by atoms with van der Waals surface area (Å²) in [7, 11) is 0. The van der Waals surface area contributed by atoms with Crippen LogP contribution < -0.4 is 20.3 Å². The molecule has 6 heterocycles. The first-order chi connectivity index (χ1) is 37.7. The lowest BCUT2D eigenvalue weighted by molar-refractivity contribution is -0.144. The molecule has 3 aliphatic rings. The second-order valence-corrected chi connectivity index (χ2v) is 23.6. The highest BCUT2D eigenvalue weighted by atomic mass is 32.1. The van der Waals surface area contributed by atoms with Crippen molar-refractivity contribution in [2.24, 2.45) is 5.41 Å². The maximum Gasteiger partial charge on any atom is 0.319 e. The number of aliphatic hydroxyl groups excluding tert-OH is 1. The monoisotopic (exact) mass is 1110 g/mol. The third kappa shape index (κ3) is 12.9. The summed E-state index contributed by atoms with van der Waals surface area (Å²) in [4.78, 5) is 66.4. The zero-order valence-corrected chi connectivity index (χ0v) is 47.0. The maximum atomic E-state index is 17.1. The van der Waals surface area contributed by atoms with Crippen molar-refractivity contribution in [3.63, 3.8) is 0 Å². The van der Waals surface area contributed by atoms with Crippen LogP contribution >= 0.6 is 11.3 Å². The summed E-state index contributed by atoms with van der Waals surface area (Å²) in [6.07, 6.45) is 5.48. The van der Waals surface area contributed by atoms with Crippen LogP contribution in [0.4, 0.5) is 14.6 Å². The highest BCUT2D eigenvalue weighted by Gasteiger charge is 2.45. The van der Waals surface area contributed by atoms with Crippen LogP contribution in [-0.2, 0) is 25.5 Å². The number of nitrogens with one attached hydrogen (secondary N) is 2. The van der Waals surface area contributed by atoms with E-state index in [2.05, 4.69) is 30.5 Å². The number of hydrogen-bond donors (Lipinski definition) is 5. The lowest BCUT2D eigenvalue weighted by Gasteiger charge is -2.37. The number of thiazole rings is 1. The van der Waals surface area contributed by atoms with E-state index in [-0.39, 0.29) is 79.2 Å². The molecule has 5 N–H and O–H groups in total. The van der Waals surface area contributed by atoms with Gasteiger partial charge in [0.25, 0.3) is 0 Å². The summed E-state index contributed by atoms with van der Waals surface area (Å²) in [5, 5.41) is 39.8. The average molecular weight is 1110 g/mol. The normalized spacial score (nSPS) is 20.7. The molecule has 422 valence electrons. The number of carbonyl (C=O) groups excluding carboxylic acids is 3. The summed E-state index contributed by atoms with van der Waals surface area (Å²) in [6, 6.07) is 11.4. The summed E-state index contributed by atoms with van der Waals surface area (Å²) in [5.74, 6) is -2.27. The van der Waals surface area contributed by atoms with Crippen molar-refractivity contribution in [3.05, 3.63) is 88.7 Å². The molecule has 17 nitrogen and oxygen atoms in total. The summed E-state index contributed by atoms with van der Waals surface area (Å²) in [5.41, 5.74) is 3.40. The Morgan fingerprint density at radius 3 is 2.52 bits per heavy atom. The zero-order valence-electron chi connectivity index (χ0n) is 46.2. The van der Waals surface area contributed by atoms with E-state index in [1.807, 2.05) is 76.2 Å². The average Bonchev–Trinajstić information content (AvgIpc) is 4.30. The molecule has 1 unspecified atom stereocenters.